The summed E-state index contributed by atoms with van der Waals surface area (Å²) in [7, 11) is 0. The maximum atomic E-state index is 13.5. The van der Waals surface area contributed by atoms with Crippen molar-refractivity contribution in [1.82, 2.24) is 4.90 Å². The van der Waals surface area contributed by atoms with Crippen LogP contribution in [0, 0.1) is 6.92 Å². The smallest absolute Gasteiger partial charge is 0.255 e. The molecule has 2 saturated heterocycles. The highest BCUT2D eigenvalue weighted by Crippen LogP contribution is 2.48. The molecule has 0 bridgehead atoms. The number of benzene rings is 3. The average molecular weight is 414 g/mol. The number of aliphatic hydroxyl groups excluding tert-OH is 1. The van der Waals surface area contributed by atoms with Gasteiger partial charge in [-0.25, -0.2) is 0 Å². The van der Waals surface area contributed by atoms with Gasteiger partial charge in [0.2, 0.25) is 0 Å². The Morgan fingerprint density at radius 1 is 0.935 bits per heavy atom. The SMILES string of the molecule is Cc1ccc([C@@H](O)[C@@H]2OC(c3ccccc3)(c3ccccc3)[C@@H]3CCCN3C2=O)cc1. The quantitative estimate of drug-likeness (QED) is 0.691. The molecule has 0 aromatic heterocycles. The van der Waals surface area contributed by atoms with Gasteiger partial charge in [-0.2, -0.15) is 0 Å². The van der Waals surface area contributed by atoms with E-state index in [1.165, 1.54) is 0 Å². The summed E-state index contributed by atoms with van der Waals surface area (Å²) in [5, 5.41) is 11.3. The summed E-state index contributed by atoms with van der Waals surface area (Å²) in [6, 6.07) is 27.8. The Morgan fingerprint density at radius 3 is 2.10 bits per heavy atom. The number of carbonyl (C=O) groups excluding carboxylic acids is 1. The average Bonchev–Trinajstić information content (AvgIpc) is 3.32. The third-order valence-electron chi connectivity index (χ3n) is 6.67. The Hall–Kier alpha value is -2.95. The standard InChI is InChI=1S/C27H27NO3/c1-19-14-16-20(17-15-19)24(29)25-26(30)28-18-8-13-23(28)27(31-25,21-9-4-2-5-10-21)22-11-6-3-7-12-22/h2-7,9-12,14-17,23-25,29H,8,13,18H2,1H3/t23-,24+,25-/m0/s1. The third kappa shape index (κ3) is 3.27. The highest BCUT2D eigenvalue weighted by Gasteiger charge is 2.57. The molecule has 0 saturated carbocycles. The first kappa shape index (κ1) is 20.0. The fraction of sp³-hybridized carbons (Fsp3) is 0.296. The molecule has 0 unspecified atom stereocenters. The summed E-state index contributed by atoms with van der Waals surface area (Å²) in [5.41, 5.74) is 2.98. The summed E-state index contributed by atoms with van der Waals surface area (Å²) in [6.45, 7) is 2.69. The molecule has 4 nitrogen and oxygen atoms in total. The largest absolute Gasteiger partial charge is 0.385 e. The molecule has 0 aliphatic carbocycles. The van der Waals surface area contributed by atoms with Gasteiger partial charge in [-0.15, -0.1) is 0 Å². The highest BCUT2D eigenvalue weighted by molar-refractivity contribution is 5.84. The number of amides is 1. The number of hydrogen-bond acceptors (Lipinski definition) is 3. The van der Waals surface area contributed by atoms with Gasteiger partial charge in [-0.05, 0) is 36.5 Å². The minimum atomic E-state index is -1.04. The molecule has 4 heteroatoms. The van der Waals surface area contributed by atoms with Crippen LogP contribution in [0.15, 0.2) is 84.9 Å². The fourth-order valence-corrected chi connectivity index (χ4v) is 5.14. The van der Waals surface area contributed by atoms with Crippen molar-refractivity contribution in [1.29, 1.82) is 0 Å². The molecule has 5 rings (SSSR count). The second-order valence-electron chi connectivity index (χ2n) is 8.55. The van der Waals surface area contributed by atoms with Gasteiger partial charge in [0, 0.05) is 6.54 Å². The molecular formula is C27H27NO3. The predicted octanol–water partition coefficient (Wildman–Crippen LogP) is 4.36. The van der Waals surface area contributed by atoms with Crippen molar-refractivity contribution in [3.05, 3.63) is 107 Å². The Morgan fingerprint density at radius 2 is 1.52 bits per heavy atom. The van der Waals surface area contributed by atoms with Gasteiger partial charge in [-0.3, -0.25) is 4.79 Å². The molecule has 3 atom stereocenters. The summed E-state index contributed by atoms with van der Waals surface area (Å²) < 4.78 is 6.78. The van der Waals surface area contributed by atoms with Gasteiger partial charge in [0.15, 0.2) is 6.10 Å². The Kier molecular flexibility index (Phi) is 5.12. The van der Waals surface area contributed by atoms with Crippen molar-refractivity contribution >= 4 is 5.91 Å². The number of aliphatic hydroxyl groups is 1. The van der Waals surface area contributed by atoms with E-state index in [2.05, 4.69) is 24.3 Å². The van der Waals surface area contributed by atoms with Crippen molar-refractivity contribution in [3.8, 4) is 0 Å². The normalized spacial score (nSPS) is 23.4. The minimum absolute atomic E-state index is 0.105. The molecule has 3 aromatic rings. The van der Waals surface area contributed by atoms with Crippen LogP contribution in [0.3, 0.4) is 0 Å². The Balaban J connectivity index is 1.66. The van der Waals surface area contributed by atoms with Crippen LogP contribution in [0.1, 0.15) is 41.2 Å². The maximum Gasteiger partial charge on any atom is 0.255 e. The number of nitrogens with zero attached hydrogens (tertiary/aromatic N) is 1. The minimum Gasteiger partial charge on any atom is -0.385 e. The zero-order valence-electron chi connectivity index (χ0n) is 17.6. The van der Waals surface area contributed by atoms with E-state index in [-0.39, 0.29) is 11.9 Å². The van der Waals surface area contributed by atoms with Crippen LogP contribution >= 0.6 is 0 Å². The molecule has 31 heavy (non-hydrogen) atoms. The van der Waals surface area contributed by atoms with E-state index in [1.807, 2.05) is 72.5 Å². The first-order valence-electron chi connectivity index (χ1n) is 11.0. The first-order chi connectivity index (χ1) is 15.1. The third-order valence-corrected chi connectivity index (χ3v) is 6.67. The number of morpholine rings is 1. The van der Waals surface area contributed by atoms with E-state index in [0.717, 1.165) is 29.5 Å². The summed E-state index contributed by atoms with van der Waals surface area (Å²) in [4.78, 5) is 15.4. The molecule has 158 valence electrons. The van der Waals surface area contributed by atoms with E-state index < -0.39 is 17.8 Å². The van der Waals surface area contributed by atoms with Crippen molar-refractivity contribution < 1.29 is 14.6 Å². The number of carbonyl (C=O) groups is 1. The number of fused-ring (bicyclic) bond motifs is 1. The number of aryl methyl sites for hydroxylation is 1. The topological polar surface area (TPSA) is 49.8 Å². The lowest BCUT2D eigenvalue weighted by Gasteiger charge is -2.51. The second kappa shape index (κ2) is 7.95. The first-order valence-corrected chi connectivity index (χ1v) is 11.0. The van der Waals surface area contributed by atoms with Gasteiger partial charge in [0.05, 0.1) is 6.04 Å². The number of ether oxygens (including phenoxy) is 1. The highest BCUT2D eigenvalue weighted by atomic mass is 16.5. The molecular weight excluding hydrogens is 386 g/mol. The van der Waals surface area contributed by atoms with Crippen molar-refractivity contribution in [2.45, 2.75) is 43.6 Å². The molecule has 2 aliphatic heterocycles. The summed E-state index contributed by atoms with van der Waals surface area (Å²) in [5.74, 6) is -0.127. The molecule has 1 N–H and O–H groups in total. The lowest BCUT2D eigenvalue weighted by atomic mass is 9.77. The van der Waals surface area contributed by atoms with Crippen LogP contribution in [0.25, 0.3) is 0 Å². The molecule has 2 heterocycles. The van der Waals surface area contributed by atoms with Crippen molar-refractivity contribution in [2.24, 2.45) is 0 Å². The van der Waals surface area contributed by atoms with Crippen LogP contribution in [0.5, 0.6) is 0 Å². The maximum absolute atomic E-state index is 13.5. The molecule has 2 fully saturated rings. The van der Waals surface area contributed by atoms with Crippen LogP contribution in [-0.2, 0) is 15.1 Å². The van der Waals surface area contributed by atoms with E-state index in [9.17, 15) is 9.90 Å². The lowest BCUT2D eigenvalue weighted by molar-refractivity contribution is -0.204. The van der Waals surface area contributed by atoms with Crippen LogP contribution < -0.4 is 0 Å². The zero-order valence-corrected chi connectivity index (χ0v) is 17.6. The van der Waals surface area contributed by atoms with E-state index in [1.54, 1.807) is 0 Å². The van der Waals surface area contributed by atoms with E-state index in [4.69, 9.17) is 4.74 Å². The van der Waals surface area contributed by atoms with Gasteiger partial charge < -0.3 is 14.7 Å². The van der Waals surface area contributed by atoms with Gasteiger partial charge in [0.25, 0.3) is 5.91 Å². The Bertz CT molecular complexity index is 1010. The fourth-order valence-electron chi connectivity index (χ4n) is 5.14. The van der Waals surface area contributed by atoms with Gasteiger partial charge >= 0.3 is 0 Å². The molecule has 2 aliphatic rings. The molecule has 0 radical (unpaired) electrons. The van der Waals surface area contributed by atoms with Crippen LogP contribution in [0.4, 0.5) is 0 Å². The number of hydrogen-bond donors (Lipinski definition) is 1. The van der Waals surface area contributed by atoms with Crippen LogP contribution in [0.2, 0.25) is 0 Å². The van der Waals surface area contributed by atoms with Crippen molar-refractivity contribution in [2.75, 3.05) is 6.54 Å². The Labute approximate surface area is 183 Å². The second-order valence-corrected chi connectivity index (χ2v) is 8.55. The molecule has 3 aromatic carbocycles. The lowest BCUT2D eigenvalue weighted by Crippen LogP contribution is -2.62. The van der Waals surface area contributed by atoms with Crippen LogP contribution in [-0.4, -0.2) is 34.6 Å². The van der Waals surface area contributed by atoms with Gasteiger partial charge in [0.1, 0.15) is 11.7 Å². The van der Waals surface area contributed by atoms with E-state index >= 15 is 0 Å². The summed E-state index contributed by atoms with van der Waals surface area (Å²) in [6.07, 6.45) is -0.226. The predicted molar refractivity (Wildman–Crippen MR) is 119 cm³/mol. The summed E-state index contributed by atoms with van der Waals surface area (Å²) >= 11 is 0. The molecule has 1 amide bonds. The van der Waals surface area contributed by atoms with Crippen molar-refractivity contribution in [3.63, 3.8) is 0 Å². The van der Waals surface area contributed by atoms with Gasteiger partial charge in [-0.1, -0.05) is 90.5 Å². The zero-order chi connectivity index (χ0) is 21.4. The number of rotatable bonds is 4. The monoisotopic (exact) mass is 413 g/mol. The van der Waals surface area contributed by atoms with E-state index in [0.29, 0.717) is 12.1 Å². The molecule has 0 spiro atoms.